The first-order valence-electron chi connectivity index (χ1n) is 6.34. The van der Waals surface area contributed by atoms with Gasteiger partial charge in [-0.25, -0.2) is 4.68 Å². The van der Waals surface area contributed by atoms with Gasteiger partial charge in [-0.3, -0.25) is 14.3 Å². The molecule has 1 amide bonds. The highest BCUT2D eigenvalue weighted by Gasteiger charge is 2.19. The number of anilines is 1. The molecular formula is C14H18N4O2. The molecule has 2 aromatic rings. The molecule has 3 N–H and O–H groups in total. The van der Waals surface area contributed by atoms with E-state index in [1.54, 1.807) is 25.6 Å². The molecule has 20 heavy (non-hydrogen) atoms. The smallest absolute Gasteiger partial charge is 0.295 e. The van der Waals surface area contributed by atoms with Crippen LogP contribution in [0.25, 0.3) is 5.69 Å². The number of carbonyl (C=O) groups excluding carboxylic acids is 1. The molecule has 0 spiro atoms. The Morgan fingerprint density at radius 3 is 2.45 bits per heavy atom. The maximum absolute atomic E-state index is 12.5. The highest BCUT2D eigenvalue weighted by molar-refractivity contribution is 5.94. The molecule has 1 aromatic carbocycles. The Bertz CT molecular complexity index is 683. The number of nitrogens with two attached hydrogens (primary N) is 1. The quantitative estimate of drug-likeness (QED) is 0.867. The molecule has 2 rings (SSSR count). The van der Waals surface area contributed by atoms with Gasteiger partial charge in [0.2, 0.25) is 5.91 Å². The fourth-order valence-electron chi connectivity index (χ4n) is 1.95. The van der Waals surface area contributed by atoms with Crippen molar-refractivity contribution >= 4 is 11.6 Å². The van der Waals surface area contributed by atoms with Crippen molar-refractivity contribution in [2.75, 3.05) is 5.32 Å². The summed E-state index contributed by atoms with van der Waals surface area (Å²) in [7, 11) is 1.77. The SMILES string of the molecule is Cc1c(NC(=O)[C@H](C)N)c(=O)n(-c2ccccc2)n1C. The van der Waals surface area contributed by atoms with E-state index in [9.17, 15) is 9.59 Å². The van der Waals surface area contributed by atoms with Crippen molar-refractivity contribution in [1.29, 1.82) is 0 Å². The highest BCUT2D eigenvalue weighted by Crippen LogP contribution is 2.13. The number of nitrogens with zero attached hydrogens (tertiary/aromatic N) is 2. The van der Waals surface area contributed by atoms with Crippen LogP contribution in [0, 0.1) is 6.92 Å². The predicted octanol–water partition coefficient (Wildman–Crippen LogP) is 0.770. The monoisotopic (exact) mass is 274 g/mol. The van der Waals surface area contributed by atoms with Crippen molar-refractivity contribution in [3.63, 3.8) is 0 Å². The zero-order valence-corrected chi connectivity index (χ0v) is 11.8. The Kier molecular flexibility index (Phi) is 3.76. The van der Waals surface area contributed by atoms with Crippen LogP contribution in [-0.2, 0) is 11.8 Å². The molecular weight excluding hydrogens is 256 g/mol. The van der Waals surface area contributed by atoms with Crippen LogP contribution in [0.3, 0.4) is 0 Å². The maximum Gasteiger partial charge on any atom is 0.295 e. The topological polar surface area (TPSA) is 82.1 Å². The van der Waals surface area contributed by atoms with Gasteiger partial charge in [0.15, 0.2) is 0 Å². The van der Waals surface area contributed by atoms with E-state index in [2.05, 4.69) is 5.32 Å². The second kappa shape index (κ2) is 5.34. The third-order valence-electron chi connectivity index (χ3n) is 3.22. The molecule has 1 atom stereocenters. The number of aromatic nitrogens is 2. The first-order chi connectivity index (χ1) is 9.43. The second-order valence-electron chi connectivity index (χ2n) is 4.71. The van der Waals surface area contributed by atoms with Crippen LogP contribution in [0.5, 0.6) is 0 Å². The van der Waals surface area contributed by atoms with Gasteiger partial charge in [-0.1, -0.05) is 18.2 Å². The Morgan fingerprint density at radius 1 is 1.30 bits per heavy atom. The summed E-state index contributed by atoms with van der Waals surface area (Å²) in [6, 6.07) is 8.58. The molecule has 0 aliphatic heterocycles. The number of rotatable bonds is 3. The molecule has 0 saturated carbocycles. The molecule has 0 aliphatic rings. The minimum Gasteiger partial charge on any atom is -0.320 e. The lowest BCUT2D eigenvalue weighted by molar-refractivity contribution is -0.117. The van der Waals surface area contributed by atoms with E-state index >= 15 is 0 Å². The summed E-state index contributed by atoms with van der Waals surface area (Å²) in [5.74, 6) is -0.379. The molecule has 106 valence electrons. The zero-order valence-electron chi connectivity index (χ0n) is 11.8. The van der Waals surface area contributed by atoms with Gasteiger partial charge >= 0.3 is 0 Å². The number of hydrogen-bond acceptors (Lipinski definition) is 3. The molecule has 1 heterocycles. The number of nitrogens with one attached hydrogen (secondary N) is 1. The first kappa shape index (κ1) is 14.1. The van der Waals surface area contributed by atoms with Crippen LogP contribution >= 0.6 is 0 Å². The molecule has 0 bridgehead atoms. The maximum atomic E-state index is 12.5. The van der Waals surface area contributed by atoms with E-state index in [4.69, 9.17) is 5.73 Å². The second-order valence-corrected chi connectivity index (χ2v) is 4.71. The van der Waals surface area contributed by atoms with Crippen LogP contribution < -0.4 is 16.6 Å². The van der Waals surface area contributed by atoms with E-state index in [1.165, 1.54) is 4.68 Å². The Hall–Kier alpha value is -2.34. The summed E-state index contributed by atoms with van der Waals surface area (Å²) in [4.78, 5) is 24.1. The highest BCUT2D eigenvalue weighted by atomic mass is 16.2. The van der Waals surface area contributed by atoms with Crippen molar-refractivity contribution in [1.82, 2.24) is 9.36 Å². The molecule has 0 unspecified atom stereocenters. The van der Waals surface area contributed by atoms with E-state index in [1.807, 2.05) is 30.3 Å². The summed E-state index contributed by atoms with van der Waals surface area (Å²) in [6.07, 6.45) is 0. The van der Waals surface area contributed by atoms with Crippen molar-refractivity contribution in [2.24, 2.45) is 12.8 Å². The number of para-hydroxylation sites is 1. The Labute approximate surface area is 116 Å². The largest absolute Gasteiger partial charge is 0.320 e. The van der Waals surface area contributed by atoms with Crippen molar-refractivity contribution in [2.45, 2.75) is 19.9 Å². The summed E-state index contributed by atoms with van der Waals surface area (Å²) in [6.45, 7) is 3.35. The van der Waals surface area contributed by atoms with Crippen LogP contribution in [0.1, 0.15) is 12.6 Å². The number of hydrogen-bond donors (Lipinski definition) is 2. The minimum atomic E-state index is -0.667. The number of benzene rings is 1. The number of carbonyl (C=O) groups is 1. The predicted molar refractivity (Wildman–Crippen MR) is 78.0 cm³/mol. The van der Waals surface area contributed by atoms with Gasteiger partial charge in [0.1, 0.15) is 5.69 Å². The van der Waals surface area contributed by atoms with Gasteiger partial charge in [0.25, 0.3) is 5.56 Å². The molecule has 0 radical (unpaired) electrons. The standard InChI is InChI=1S/C14H18N4O2/c1-9(15)13(19)16-12-10(2)17(3)18(14(12)20)11-7-5-4-6-8-11/h4-9H,15H2,1-3H3,(H,16,19)/t9-/m0/s1. The lowest BCUT2D eigenvalue weighted by Crippen LogP contribution is -2.34. The lowest BCUT2D eigenvalue weighted by atomic mass is 10.3. The summed E-state index contributed by atoms with van der Waals surface area (Å²) in [5.41, 5.74) is 6.92. The van der Waals surface area contributed by atoms with E-state index < -0.39 is 6.04 Å². The molecule has 0 saturated heterocycles. The fraction of sp³-hybridized carbons (Fsp3) is 0.286. The lowest BCUT2D eigenvalue weighted by Gasteiger charge is -2.07. The summed E-state index contributed by atoms with van der Waals surface area (Å²) < 4.78 is 3.21. The zero-order chi connectivity index (χ0) is 14.9. The molecule has 1 aromatic heterocycles. The average molecular weight is 274 g/mol. The van der Waals surface area contributed by atoms with Gasteiger partial charge in [0, 0.05) is 7.05 Å². The molecule has 0 aliphatic carbocycles. The van der Waals surface area contributed by atoms with Gasteiger partial charge in [-0.2, -0.15) is 0 Å². The molecule has 0 fully saturated rings. The van der Waals surface area contributed by atoms with E-state index in [-0.39, 0.29) is 17.2 Å². The van der Waals surface area contributed by atoms with Crippen LogP contribution in [0.4, 0.5) is 5.69 Å². The number of amides is 1. The van der Waals surface area contributed by atoms with Gasteiger partial charge < -0.3 is 11.1 Å². The van der Waals surface area contributed by atoms with Crippen LogP contribution in [0.2, 0.25) is 0 Å². The first-order valence-corrected chi connectivity index (χ1v) is 6.34. The van der Waals surface area contributed by atoms with Crippen molar-refractivity contribution in [3.05, 3.63) is 46.4 Å². The van der Waals surface area contributed by atoms with Gasteiger partial charge in [-0.05, 0) is 26.0 Å². The molecule has 6 heteroatoms. The minimum absolute atomic E-state index is 0.263. The normalized spacial score (nSPS) is 12.2. The third kappa shape index (κ3) is 2.37. The van der Waals surface area contributed by atoms with Gasteiger partial charge in [0.05, 0.1) is 17.4 Å². The fourth-order valence-corrected chi connectivity index (χ4v) is 1.95. The van der Waals surface area contributed by atoms with Crippen molar-refractivity contribution < 1.29 is 4.79 Å². The van der Waals surface area contributed by atoms with Crippen LogP contribution in [-0.4, -0.2) is 21.3 Å². The van der Waals surface area contributed by atoms with Crippen molar-refractivity contribution in [3.8, 4) is 5.69 Å². The average Bonchev–Trinajstić information content (AvgIpc) is 2.63. The van der Waals surface area contributed by atoms with E-state index in [0.717, 1.165) is 5.69 Å². The molecule has 6 nitrogen and oxygen atoms in total. The Balaban J connectivity index is 2.53. The van der Waals surface area contributed by atoms with Gasteiger partial charge in [-0.15, -0.1) is 0 Å². The van der Waals surface area contributed by atoms with Crippen LogP contribution in [0.15, 0.2) is 35.1 Å². The Morgan fingerprint density at radius 2 is 1.90 bits per heavy atom. The third-order valence-corrected chi connectivity index (χ3v) is 3.22. The van der Waals surface area contributed by atoms with E-state index in [0.29, 0.717) is 5.69 Å². The summed E-state index contributed by atoms with van der Waals surface area (Å²) in [5, 5.41) is 2.59. The summed E-state index contributed by atoms with van der Waals surface area (Å²) >= 11 is 0.